The molecule has 21 heavy (non-hydrogen) atoms. The average Bonchev–Trinajstić information content (AvgIpc) is 2.99. The van der Waals surface area contributed by atoms with Gasteiger partial charge in [-0.25, -0.2) is 0 Å². The minimum Gasteiger partial charge on any atom is -0.497 e. The van der Waals surface area contributed by atoms with Gasteiger partial charge in [-0.05, 0) is 37.0 Å². The van der Waals surface area contributed by atoms with Gasteiger partial charge in [-0.1, -0.05) is 37.2 Å². The van der Waals surface area contributed by atoms with Crippen molar-refractivity contribution in [1.29, 1.82) is 0 Å². The summed E-state index contributed by atoms with van der Waals surface area (Å²) in [7, 11) is 1.64. The molecule has 1 fully saturated rings. The number of thiocarbonyl (C=S) groups is 1. The second-order valence-corrected chi connectivity index (χ2v) is 5.95. The van der Waals surface area contributed by atoms with Gasteiger partial charge in [-0.15, -0.1) is 0 Å². The van der Waals surface area contributed by atoms with Crippen molar-refractivity contribution in [2.45, 2.75) is 32.1 Å². The Bertz CT molecular complexity index is 508. The molecule has 0 aromatic heterocycles. The molecule has 0 spiro atoms. The third-order valence-corrected chi connectivity index (χ3v) is 4.61. The molecule has 0 bridgehead atoms. The van der Waals surface area contributed by atoms with Gasteiger partial charge in [-0.2, -0.15) is 0 Å². The lowest BCUT2D eigenvalue weighted by molar-refractivity contribution is -0.127. The Kier molecular flexibility index (Phi) is 5.17. The molecule has 0 heterocycles. The van der Waals surface area contributed by atoms with Crippen molar-refractivity contribution >= 4 is 23.1 Å². The van der Waals surface area contributed by atoms with Crippen LogP contribution in [0.25, 0.3) is 0 Å². The fourth-order valence-electron chi connectivity index (χ4n) is 2.85. The molecule has 1 aromatic rings. The van der Waals surface area contributed by atoms with E-state index >= 15 is 0 Å². The van der Waals surface area contributed by atoms with Gasteiger partial charge in [0, 0.05) is 6.54 Å². The van der Waals surface area contributed by atoms with Crippen LogP contribution in [-0.4, -0.2) is 24.6 Å². The highest BCUT2D eigenvalue weighted by molar-refractivity contribution is 7.80. The summed E-state index contributed by atoms with van der Waals surface area (Å²) >= 11 is 5.12. The number of amides is 1. The molecule has 0 aliphatic heterocycles. The quantitative estimate of drug-likeness (QED) is 0.791. The smallest absolute Gasteiger partial charge is 0.233 e. The minimum absolute atomic E-state index is 0.0130. The Morgan fingerprint density at radius 1 is 1.33 bits per heavy atom. The normalized spacial score (nSPS) is 16.4. The zero-order valence-electron chi connectivity index (χ0n) is 12.4. The standard InChI is InChI=1S/C16H22N2O2S/c1-20-13-6-4-12(5-7-13)8-11-18-15(19)16(14(17)21)9-2-3-10-16/h4-7H,2-3,8-11H2,1H3,(H2,17,21)(H,18,19). The second kappa shape index (κ2) is 6.89. The number of hydrogen-bond donors (Lipinski definition) is 2. The zero-order valence-corrected chi connectivity index (χ0v) is 13.2. The van der Waals surface area contributed by atoms with Gasteiger partial charge in [0.1, 0.15) is 5.75 Å². The van der Waals surface area contributed by atoms with Crippen LogP contribution >= 0.6 is 12.2 Å². The van der Waals surface area contributed by atoms with Gasteiger partial charge in [0.25, 0.3) is 0 Å². The molecular weight excluding hydrogens is 284 g/mol. The lowest BCUT2D eigenvalue weighted by Gasteiger charge is -2.26. The number of methoxy groups -OCH3 is 1. The number of carbonyl (C=O) groups excluding carboxylic acids is 1. The van der Waals surface area contributed by atoms with E-state index in [0.29, 0.717) is 11.5 Å². The van der Waals surface area contributed by atoms with Gasteiger partial charge in [0.15, 0.2) is 0 Å². The molecular formula is C16H22N2O2S. The van der Waals surface area contributed by atoms with Crippen LogP contribution in [-0.2, 0) is 11.2 Å². The first-order valence-electron chi connectivity index (χ1n) is 7.29. The Balaban J connectivity index is 1.87. The minimum atomic E-state index is -0.616. The van der Waals surface area contributed by atoms with Crippen LogP contribution in [0, 0.1) is 5.41 Å². The highest BCUT2D eigenvalue weighted by Crippen LogP contribution is 2.38. The molecule has 0 radical (unpaired) electrons. The van der Waals surface area contributed by atoms with E-state index in [4.69, 9.17) is 22.7 Å². The van der Waals surface area contributed by atoms with E-state index < -0.39 is 5.41 Å². The summed E-state index contributed by atoms with van der Waals surface area (Å²) in [5, 5.41) is 2.99. The molecule has 3 N–H and O–H groups in total. The molecule has 1 aliphatic carbocycles. The van der Waals surface area contributed by atoms with Gasteiger partial charge in [-0.3, -0.25) is 4.79 Å². The van der Waals surface area contributed by atoms with Crippen molar-refractivity contribution in [3.05, 3.63) is 29.8 Å². The van der Waals surface area contributed by atoms with Gasteiger partial charge in [0.2, 0.25) is 5.91 Å². The van der Waals surface area contributed by atoms with E-state index in [1.165, 1.54) is 0 Å². The maximum atomic E-state index is 12.4. The van der Waals surface area contributed by atoms with E-state index in [1.54, 1.807) is 7.11 Å². The fourth-order valence-corrected chi connectivity index (χ4v) is 3.14. The summed E-state index contributed by atoms with van der Waals surface area (Å²) in [4.78, 5) is 12.7. The predicted octanol–water partition coefficient (Wildman–Crippen LogP) is 2.20. The monoisotopic (exact) mass is 306 g/mol. The maximum Gasteiger partial charge on any atom is 0.233 e. The summed E-state index contributed by atoms with van der Waals surface area (Å²) in [5.74, 6) is 0.821. The molecule has 114 valence electrons. The van der Waals surface area contributed by atoms with Crippen LogP contribution in [0.4, 0.5) is 0 Å². The molecule has 5 heteroatoms. The van der Waals surface area contributed by atoms with E-state index in [1.807, 2.05) is 24.3 Å². The third-order valence-electron chi connectivity index (χ3n) is 4.22. The van der Waals surface area contributed by atoms with Crippen molar-refractivity contribution in [3.8, 4) is 5.75 Å². The van der Waals surface area contributed by atoms with Gasteiger partial charge in [0.05, 0.1) is 17.5 Å². The van der Waals surface area contributed by atoms with Crippen LogP contribution in [0.2, 0.25) is 0 Å². The fraction of sp³-hybridized carbons (Fsp3) is 0.500. The van der Waals surface area contributed by atoms with Crippen molar-refractivity contribution in [2.75, 3.05) is 13.7 Å². The van der Waals surface area contributed by atoms with E-state index in [2.05, 4.69) is 5.32 Å². The molecule has 1 saturated carbocycles. The average molecular weight is 306 g/mol. The predicted molar refractivity (Wildman–Crippen MR) is 87.4 cm³/mol. The number of rotatable bonds is 6. The van der Waals surface area contributed by atoms with Gasteiger partial charge < -0.3 is 15.8 Å². The number of benzene rings is 1. The molecule has 4 nitrogen and oxygen atoms in total. The lowest BCUT2D eigenvalue weighted by atomic mass is 9.85. The highest BCUT2D eigenvalue weighted by Gasteiger charge is 2.43. The molecule has 0 saturated heterocycles. The number of hydrogen-bond acceptors (Lipinski definition) is 3. The SMILES string of the molecule is COc1ccc(CCNC(=O)C2(C(N)=S)CCCC2)cc1. The summed E-state index contributed by atoms with van der Waals surface area (Å²) in [6.07, 6.45) is 4.36. The number of ether oxygens (including phenoxy) is 1. The number of nitrogens with two attached hydrogens (primary N) is 1. The highest BCUT2D eigenvalue weighted by atomic mass is 32.1. The van der Waals surface area contributed by atoms with Crippen LogP contribution in [0.1, 0.15) is 31.2 Å². The van der Waals surface area contributed by atoms with Crippen LogP contribution in [0.5, 0.6) is 5.75 Å². The number of nitrogens with one attached hydrogen (secondary N) is 1. The maximum absolute atomic E-state index is 12.4. The van der Waals surface area contributed by atoms with E-state index in [-0.39, 0.29) is 5.91 Å². The first kappa shape index (κ1) is 15.8. The Hall–Kier alpha value is -1.62. The van der Waals surface area contributed by atoms with Crippen LogP contribution in [0.3, 0.4) is 0 Å². The van der Waals surface area contributed by atoms with Crippen molar-refractivity contribution < 1.29 is 9.53 Å². The van der Waals surface area contributed by atoms with Crippen molar-refractivity contribution in [1.82, 2.24) is 5.32 Å². The van der Waals surface area contributed by atoms with Crippen molar-refractivity contribution in [3.63, 3.8) is 0 Å². The van der Waals surface area contributed by atoms with Crippen molar-refractivity contribution in [2.24, 2.45) is 11.1 Å². The summed E-state index contributed by atoms with van der Waals surface area (Å²) < 4.78 is 5.12. The molecule has 1 aromatic carbocycles. The Morgan fingerprint density at radius 3 is 2.48 bits per heavy atom. The number of carbonyl (C=O) groups is 1. The van der Waals surface area contributed by atoms with Crippen LogP contribution < -0.4 is 15.8 Å². The summed E-state index contributed by atoms with van der Waals surface area (Å²) in [6.45, 7) is 0.593. The largest absolute Gasteiger partial charge is 0.497 e. The first-order valence-corrected chi connectivity index (χ1v) is 7.70. The second-order valence-electron chi connectivity index (χ2n) is 5.51. The van der Waals surface area contributed by atoms with E-state index in [0.717, 1.165) is 43.4 Å². The molecule has 1 aliphatic rings. The third kappa shape index (κ3) is 3.53. The molecule has 0 unspecified atom stereocenters. The Morgan fingerprint density at radius 2 is 1.95 bits per heavy atom. The zero-order chi connectivity index (χ0) is 15.3. The summed E-state index contributed by atoms with van der Waals surface area (Å²) in [6, 6.07) is 7.85. The van der Waals surface area contributed by atoms with Crippen LogP contribution in [0.15, 0.2) is 24.3 Å². The Labute approximate surface area is 131 Å². The molecule has 1 amide bonds. The van der Waals surface area contributed by atoms with E-state index in [9.17, 15) is 4.79 Å². The van der Waals surface area contributed by atoms with Gasteiger partial charge >= 0.3 is 0 Å². The first-order chi connectivity index (χ1) is 10.1. The molecule has 0 atom stereocenters. The lowest BCUT2D eigenvalue weighted by Crippen LogP contribution is -2.47. The molecule has 2 rings (SSSR count). The topological polar surface area (TPSA) is 64.3 Å². The summed E-state index contributed by atoms with van der Waals surface area (Å²) in [5.41, 5.74) is 6.35.